The molecule has 0 heterocycles. The molecule has 0 bridgehead atoms. The van der Waals surface area contributed by atoms with E-state index in [1.807, 2.05) is 12.1 Å². The number of phenolic OH excluding ortho intramolecular Hbond substituents is 2. The number of fused-ring (bicyclic) bond motifs is 1. The van der Waals surface area contributed by atoms with Crippen LogP contribution in [0.1, 0.15) is 75.3 Å². The Balaban J connectivity index is 1.40. The first-order chi connectivity index (χ1) is 14.7. The standard InChI is InChI=1S/C26H38N2O2/c29-25-14-13-23-22(24(25)18-28-16-20-9-5-2-6-10-20)12-11-21(26(23)30)17-27-15-19-7-3-1-4-8-19/h11-14,19-20,27-30H,1-10,15-18H2. The summed E-state index contributed by atoms with van der Waals surface area (Å²) in [5.74, 6) is 2.18. The number of benzene rings is 2. The van der Waals surface area contributed by atoms with Crippen LogP contribution in [0.15, 0.2) is 24.3 Å². The van der Waals surface area contributed by atoms with E-state index in [4.69, 9.17) is 0 Å². The molecular weight excluding hydrogens is 372 g/mol. The van der Waals surface area contributed by atoms with Gasteiger partial charge in [0.05, 0.1) is 0 Å². The third-order valence-electron chi connectivity index (χ3n) is 7.28. The number of rotatable bonds is 8. The number of phenols is 2. The molecule has 0 aliphatic heterocycles. The van der Waals surface area contributed by atoms with Crippen molar-refractivity contribution in [3.8, 4) is 11.5 Å². The molecule has 2 saturated carbocycles. The molecule has 0 spiro atoms. The highest BCUT2D eigenvalue weighted by atomic mass is 16.3. The summed E-state index contributed by atoms with van der Waals surface area (Å²) in [5.41, 5.74) is 1.82. The van der Waals surface area contributed by atoms with Crippen molar-refractivity contribution >= 4 is 10.8 Å². The number of hydrogen-bond acceptors (Lipinski definition) is 4. The molecule has 2 aromatic rings. The average Bonchev–Trinajstić information content (AvgIpc) is 2.78. The van der Waals surface area contributed by atoms with Gasteiger partial charge in [-0.05, 0) is 68.1 Å². The fourth-order valence-corrected chi connectivity index (χ4v) is 5.41. The van der Waals surface area contributed by atoms with E-state index in [0.717, 1.165) is 46.8 Å². The van der Waals surface area contributed by atoms with Crippen LogP contribution in [0.5, 0.6) is 11.5 Å². The summed E-state index contributed by atoms with van der Waals surface area (Å²) < 4.78 is 0. The molecule has 2 fully saturated rings. The third kappa shape index (κ3) is 5.28. The van der Waals surface area contributed by atoms with E-state index in [0.29, 0.717) is 24.6 Å². The molecule has 0 aromatic heterocycles. The van der Waals surface area contributed by atoms with E-state index in [-0.39, 0.29) is 0 Å². The van der Waals surface area contributed by atoms with Crippen LogP contribution < -0.4 is 10.6 Å². The molecule has 164 valence electrons. The van der Waals surface area contributed by atoms with Gasteiger partial charge in [-0.2, -0.15) is 0 Å². The van der Waals surface area contributed by atoms with E-state index in [1.165, 1.54) is 64.2 Å². The van der Waals surface area contributed by atoms with E-state index in [2.05, 4.69) is 16.7 Å². The Morgan fingerprint density at radius 2 is 1.23 bits per heavy atom. The SMILES string of the molecule is Oc1ccc2c(O)c(CNCC3CCCCC3)ccc2c1CNCC1CCCCC1. The van der Waals surface area contributed by atoms with Crippen LogP contribution in [-0.4, -0.2) is 23.3 Å². The van der Waals surface area contributed by atoms with Gasteiger partial charge in [-0.15, -0.1) is 0 Å². The number of nitrogens with one attached hydrogen (secondary N) is 2. The van der Waals surface area contributed by atoms with Gasteiger partial charge in [0.25, 0.3) is 0 Å². The van der Waals surface area contributed by atoms with Crippen molar-refractivity contribution in [2.75, 3.05) is 13.1 Å². The minimum Gasteiger partial charge on any atom is -0.508 e. The van der Waals surface area contributed by atoms with Crippen molar-refractivity contribution < 1.29 is 10.2 Å². The highest BCUT2D eigenvalue weighted by Gasteiger charge is 2.16. The van der Waals surface area contributed by atoms with Crippen LogP contribution in [0, 0.1) is 11.8 Å². The van der Waals surface area contributed by atoms with E-state index < -0.39 is 0 Å². The van der Waals surface area contributed by atoms with Crippen molar-refractivity contribution in [1.82, 2.24) is 10.6 Å². The van der Waals surface area contributed by atoms with Crippen molar-refractivity contribution in [2.24, 2.45) is 11.8 Å². The van der Waals surface area contributed by atoms with Gasteiger partial charge in [0, 0.05) is 29.6 Å². The normalized spacial score (nSPS) is 18.8. The lowest BCUT2D eigenvalue weighted by Crippen LogP contribution is -2.24. The lowest BCUT2D eigenvalue weighted by molar-refractivity contribution is 0.341. The summed E-state index contributed by atoms with van der Waals surface area (Å²) in [4.78, 5) is 0. The molecule has 2 aromatic carbocycles. The van der Waals surface area contributed by atoms with E-state index in [1.54, 1.807) is 6.07 Å². The molecule has 0 radical (unpaired) electrons. The fourth-order valence-electron chi connectivity index (χ4n) is 5.41. The van der Waals surface area contributed by atoms with Crippen LogP contribution in [0.4, 0.5) is 0 Å². The topological polar surface area (TPSA) is 64.5 Å². The summed E-state index contributed by atoms with van der Waals surface area (Å²) in [7, 11) is 0. The molecule has 4 rings (SSSR count). The van der Waals surface area contributed by atoms with Gasteiger partial charge >= 0.3 is 0 Å². The summed E-state index contributed by atoms with van der Waals surface area (Å²) in [6.45, 7) is 3.36. The molecule has 30 heavy (non-hydrogen) atoms. The first-order valence-corrected chi connectivity index (χ1v) is 12.1. The van der Waals surface area contributed by atoms with Gasteiger partial charge in [-0.25, -0.2) is 0 Å². The quantitative estimate of drug-likeness (QED) is 0.458. The molecule has 4 heteroatoms. The van der Waals surface area contributed by atoms with Gasteiger partial charge in [-0.3, -0.25) is 0 Å². The molecule has 0 atom stereocenters. The molecule has 2 aliphatic rings. The lowest BCUT2D eigenvalue weighted by Gasteiger charge is -2.22. The Morgan fingerprint density at radius 1 is 0.667 bits per heavy atom. The predicted octanol–water partition coefficient (Wildman–Crippen LogP) is 5.59. The molecule has 4 nitrogen and oxygen atoms in total. The maximum absolute atomic E-state index is 10.9. The Bertz CT molecular complexity index is 823. The van der Waals surface area contributed by atoms with Gasteiger partial charge in [-0.1, -0.05) is 50.7 Å². The van der Waals surface area contributed by atoms with Crippen molar-refractivity contribution in [3.05, 3.63) is 35.4 Å². The van der Waals surface area contributed by atoms with E-state index >= 15 is 0 Å². The molecular formula is C26H38N2O2. The monoisotopic (exact) mass is 410 g/mol. The Labute approximate surface area is 181 Å². The van der Waals surface area contributed by atoms with Crippen LogP contribution in [-0.2, 0) is 13.1 Å². The van der Waals surface area contributed by atoms with Crippen LogP contribution in [0.2, 0.25) is 0 Å². The molecule has 0 amide bonds. The minimum atomic E-state index is 0.307. The van der Waals surface area contributed by atoms with Crippen molar-refractivity contribution in [2.45, 2.75) is 77.3 Å². The predicted molar refractivity (Wildman–Crippen MR) is 124 cm³/mol. The van der Waals surface area contributed by atoms with Crippen LogP contribution >= 0.6 is 0 Å². The molecule has 4 N–H and O–H groups in total. The highest BCUT2D eigenvalue weighted by molar-refractivity contribution is 5.93. The summed E-state index contributed by atoms with van der Waals surface area (Å²) in [6, 6.07) is 7.63. The van der Waals surface area contributed by atoms with Crippen molar-refractivity contribution in [1.29, 1.82) is 0 Å². The smallest absolute Gasteiger partial charge is 0.127 e. The zero-order valence-corrected chi connectivity index (χ0v) is 18.3. The second kappa shape index (κ2) is 10.5. The van der Waals surface area contributed by atoms with E-state index in [9.17, 15) is 10.2 Å². The Hall–Kier alpha value is -1.78. The molecule has 2 aliphatic carbocycles. The Kier molecular flexibility index (Phi) is 7.51. The van der Waals surface area contributed by atoms with Gasteiger partial charge in [0.1, 0.15) is 11.5 Å². The first kappa shape index (κ1) is 21.5. The third-order valence-corrected chi connectivity index (χ3v) is 7.28. The number of hydrogen-bond donors (Lipinski definition) is 4. The highest BCUT2D eigenvalue weighted by Crippen LogP contribution is 2.35. The van der Waals surface area contributed by atoms with Crippen LogP contribution in [0.25, 0.3) is 10.8 Å². The second-order valence-corrected chi connectivity index (χ2v) is 9.50. The maximum Gasteiger partial charge on any atom is 0.127 e. The summed E-state index contributed by atoms with van der Waals surface area (Å²) in [5, 5.41) is 30.2. The average molecular weight is 411 g/mol. The zero-order chi connectivity index (χ0) is 20.8. The number of aromatic hydroxyl groups is 2. The van der Waals surface area contributed by atoms with Crippen molar-refractivity contribution in [3.63, 3.8) is 0 Å². The molecule has 0 unspecified atom stereocenters. The maximum atomic E-state index is 10.9. The van der Waals surface area contributed by atoms with Crippen LogP contribution in [0.3, 0.4) is 0 Å². The second-order valence-electron chi connectivity index (χ2n) is 9.50. The van der Waals surface area contributed by atoms with Gasteiger partial charge in [0.15, 0.2) is 0 Å². The van der Waals surface area contributed by atoms with Gasteiger partial charge < -0.3 is 20.8 Å². The Morgan fingerprint density at radius 3 is 1.87 bits per heavy atom. The van der Waals surface area contributed by atoms with Gasteiger partial charge in [0.2, 0.25) is 0 Å². The first-order valence-electron chi connectivity index (χ1n) is 12.1. The lowest BCUT2D eigenvalue weighted by atomic mass is 9.89. The minimum absolute atomic E-state index is 0.307. The summed E-state index contributed by atoms with van der Waals surface area (Å²) >= 11 is 0. The summed E-state index contributed by atoms with van der Waals surface area (Å²) in [6.07, 6.45) is 13.4. The zero-order valence-electron chi connectivity index (χ0n) is 18.3. The molecule has 0 saturated heterocycles. The largest absolute Gasteiger partial charge is 0.508 e. The fraction of sp³-hybridized carbons (Fsp3) is 0.615.